The van der Waals surface area contributed by atoms with E-state index in [4.69, 9.17) is 4.74 Å². The number of nitrogens with zero attached hydrogens (tertiary/aromatic N) is 3. The molecule has 0 spiro atoms. The van der Waals surface area contributed by atoms with E-state index in [9.17, 15) is 4.79 Å². The Kier molecular flexibility index (Phi) is 3.27. The van der Waals surface area contributed by atoms with Gasteiger partial charge in [0.15, 0.2) is 4.83 Å². The molecule has 24 heavy (non-hydrogen) atoms. The quantitative estimate of drug-likeness (QED) is 0.713. The third-order valence-electron chi connectivity index (χ3n) is 5.01. The molecule has 2 N–H and O–H groups in total. The second kappa shape index (κ2) is 5.49. The van der Waals surface area contributed by atoms with E-state index in [1.165, 1.54) is 41.1 Å². The smallest absolute Gasteiger partial charge is 0.285 e. The lowest BCUT2D eigenvalue weighted by Crippen LogP contribution is -2.40. The summed E-state index contributed by atoms with van der Waals surface area (Å²) in [6, 6.07) is 0. The minimum Gasteiger partial charge on any atom is -0.373 e. The number of fused-ring (bicyclic) bond motifs is 5. The number of hydrogen-bond acceptors (Lipinski definition) is 6. The van der Waals surface area contributed by atoms with Crippen molar-refractivity contribution in [2.75, 3.05) is 31.2 Å². The predicted octanol–water partition coefficient (Wildman–Crippen LogP) is 1.06. The van der Waals surface area contributed by atoms with Gasteiger partial charge in [0.1, 0.15) is 23.3 Å². The highest BCUT2D eigenvalue weighted by atomic mass is 32.1. The van der Waals surface area contributed by atoms with Crippen LogP contribution in [-0.4, -0.2) is 41.7 Å². The molecule has 8 heteroatoms. The lowest BCUT2D eigenvalue weighted by Gasteiger charge is -2.25. The zero-order chi connectivity index (χ0) is 16.1. The summed E-state index contributed by atoms with van der Waals surface area (Å²) in [6.45, 7) is 3.33. The topological polar surface area (TPSA) is 85.2 Å². The van der Waals surface area contributed by atoms with Gasteiger partial charge in [-0.25, -0.2) is 10.1 Å². The molecule has 2 aliphatic rings. The Bertz CT molecular complexity index is 989. The molecule has 0 bridgehead atoms. The number of rotatable bonds is 1. The van der Waals surface area contributed by atoms with E-state index in [1.54, 1.807) is 0 Å². The van der Waals surface area contributed by atoms with Crippen molar-refractivity contribution < 1.29 is 9.72 Å². The number of morpholine rings is 1. The molecule has 1 aliphatic carbocycles. The van der Waals surface area contributed by atoms with Crippen molar-refractivity contribution in [3.05, 3.63) is 21.5 Å². The standard InChI is InChI=1S/C16H17N5O2S/c22-15-13-12(18-20-19-15)11-9-3-1-2-4-10(9)14(17-16(11)24-13)21-5-7-23-8-6-21/h1-8H2,(H,18,19,22)/p+1. The van der Waals surface area contributed by atoms with Crippen LogP contribution in [-0.2, 0) is 17.6 Å². The lowest BCUT2D eigenvalue weighted by atomic mass is 9.90. The molecular formula is C16H18N5O2S+. The van der Waals surface area contributed by atoms with E-state index in [1.807, 2.05) is 0 Å². The fourth-order valence-electron chi connectivity index (χ4n) is 3.89. The van der Waals surface area contributed by atoms with Crippen molar-refractivity contribution >= 4 is 37.6 Å². The minimum atomic E-state index is -0.160. The van der Waals surface area contributed by atoms with E-state index in [2.05, 4.69) is 25.3 Å². The second-order valence-electron chi connectivity index (χ2n) is 6.36. The first-order valence-electron chi connectivity index (χ1n) is 8.40. The van der Waals surface area contributed by atoms with Crippen molar-refractivity contribution in [2.45, 2.75) is 25.7 Å². The van der Waals surface area contributed by atoms with E-state index in [-0.39, 0.29) is 5.56 Å². The number of aromatic amines is 2. The zero-order valence-corrected chi connectivity index (χ0v) is 14.0. The Hall–Kier alpha value is -2.06. The van der Waals surface area contributed by atoms with Crippen LogP contribution in [0.4, 0.5) is 5.82 Å². The number of ether oxygens (including phenoxy) is 1. The lowest BCUT2D eigenvalue weighted by molar-refractivity contribution is -0.328. The van der Waals surface area contributed by atoms with Gasteiger partial charge in [0.2, 0.25) is 0 Å². The number of aryl methyl sites for hydroxylation is 1. The van der Waals surface area contributed by atoms with Crippen LogP contribution in [0.3, 0.4) is 0 Å². The van der Waals surface area contributed by atoms with Gasteiger partial charge in [0, 0.05) is 5.56 Å². The molecule has 1 saturated heterocycles. The normalized spacial score (nSPS) is 18.2. The Morgan fingerprint density at radius 1 is 1.17 bits per heavy atom. The van der Waals surface area contributed by atoms with Crippen molar-refractivity contribution in [3.8, 4) is 0 Å². The maximum atomic E-state index is 12.1. The summed E-state index contributed by atoms with van der Waals surface area (Å²) >= 11 is 1.48. The molecule has 0 aromatic carbocycles. The first-order chi connectivity index (χ1) is 11.8. The number of hydrogen-bond donors (Lipinski definition) is 1. The first kappa shape index (κ1) is 14.3. The van der Waals surface area contributed by atoms with Crippen molar-refractivity contribution in [1.29, 1.82) is 0 Å². The van der Waals surface area contributed by atoms with Crippen LogP contribution in [0.15, 0.2) is 4.79 Å². The molecule has 1 aliphatic heterocycles. The summed E-state index contributed by atoms with van der Waals surface area (Å²) < 4.78 is 6.16. The van der Waals surface area contributed by atoms with E-state index in [0.717, 1.165) is 54.9 Å². The van der Waals surface area contributed by atoms with Crippen LogP contribution in [0.2, 0.25) is 0 Å². The molecule has 5 rings (SSSR count). The third-order valence-corrected chi connectivity index (χ3v) is 6.10. The first-order valence-corrected chi connectivity index (χ1v) is 9.22. The van der Waals surface area contributed by atoms with Crippen LogP contribution >= 0.6 is 11.3 Å². The van der Waals surface area contributed by atoms with Crippen LogP contribution in [0, 0.1) is 0 Å². The summed E-state index contributed by atoms with van der Waals surface area (Å²) in [5.74, 6) is 1.21. The van der Waals surface area contributed by atoms with Gasteiger partial charge in [0.25, 0.3) is 11.4 Å². The van der Waals surface area contributed by atoms with Crippen molar-refractivity contribution in [3.63, 3.8) is 0 Å². The number of thiophene rings is 1. The zero-order valence-electron chi connectivity index (χ0n) is 13.2. The van der Waals surface area contributed by atoms with E-state index < -0.39 is 0 Å². The number of H-pyrrole nitrogens is 2. The molecule has 0 saturated carbocycles. The van der Waals surface area contributed by atoms with Gasteiger partial charge in [-0.3, -0.25) is 9.69 Å². The number of aromatic nitrogens is 4. The van der Waals surface area contributed by atoms with Crippen LogP contribution in [0.25, 0.3) is 20.4 Å². The van der Waals surface area contributed by atoms with Crippen molar-refractivity contribution in [1.82, 2.24) is 15.4 Å². The minimum absolute atomic E-state index is 0.160. The van der Waals surface area contributed by atoms with Gasteiger partial charge < -0.3 is 4.74 Å². The molecule has 7 nitrogen and oxygen atoms in total. The Morgan fingerprint density at radius 3 is 2.79 bits per heavy atom. The van der Waals surface area contributed by atoms with Crippen molar-refractivity contribution in [2.24, 2.45) is 0 Å². The highest BCUT2D eigenvalue weighted by Crippen LogP contribution is 2.37. The largest absolute Gasteiger partial charge is 0.373 e. The third kappa shape index (κ3) is 2.06. The highest BCUT2D eigenvalue weighted by molar-refractivity contribution is 7.25. The molecule has 4 heterocycles. The average molecular weight is 344 g/mol. The number of anilines is 1. The Morgan fingerprint density at radius 2 is 1.96 bits per heavy atom. The van der Waals surface area contributed by atoms with Gasteiger partial charge in [-0.15, -0.1) is 5.10 Å². The van der Waals surface area contributed by atoms with Gasteiger partial charge in [-0.05, 0) is 31.2 Å². The van der Waals surface area contributed by atoms with Crippen LogP contribution in [0.5, 0.6) is 0 Å². The monoisotopic (exact) mass is 344 g/mol. The summed E-state index contributed by atoms with van der Waals surface area (Å²) in [6.07, 6.45) is 4.50. The van der Waals surface area contributed by atoms with Crippen LogP contribution in [0.1, 0.15) is 24.0 Å². The van der Waals surface area contributed by atoms with Crippen LogP contribution < -0.4 is 15.4 Å². The number of nitrogens with one attached hydrogen (secondary N) is 2. The fraction of sp³-hybridized carbons (Fsp3) is 0.500. The Balaban J connectivity index is 1.83. The molecule has 0 amide bonds. The fourth-order valence-corrected chi connectivity index (χ4v) is 4.95. The molecule has 3 aromatic rings. The Labute approximate surface area is 141 Å². The maximum absolute atomic E-state index is 12.1. The molecule has 0 radical (unpaired) electrons. The SMILES string of the molecule is O=c1[nH]nnc2c1sc1[nH+]c(N3CCOCC3)c3c(c12)CCCC3. The van der Waals surface area contributed by atoms with E-state index in [0.29, 0.717) is 4.70 Å². The van der Waals surface area contributed by atoms with Gasteiger partial charge in [-0.2, -0.15) is 0 Å². The summed E-state index contributed by atoms with van der Waals surface area (Å²) in [4.78, 5) is 19.1. The summed E-state index contributed by atoms with van der Waals surface area (Å²) in [5.41, 5.74) is 3.31. The molecule has 0 atom stereocenters. The summed E-state index contributed by atoms with van der Waals surface area (Å²) in [7, 11) is 0. The average Bonchev–Trinajstić information content (AvgIpc) is 3.02. The maximum Gasteiger partial charge on any atom is 0.285 e. The molecule has 124 valence electrons. The van der Waals surface area contributed by atoms with Gasteiger partial charge in [0.05, 0.1) is 18.6 Å². The van der Waals surface area contributed by atoms with Gasteiger partial charge in [-0.1, -0.05) is 16.6 Å². The number of pyridine rings is 1. The summed E-state index contributed by atoms with van der Waals surface area (Å²) in [5, 5.41) is 11.5. The van der Waals surface area contributed by atoms with E-state index >= 15 is 0 Å². The van der Waals surface area contributed by atoms with Gasteiger partial charge >= 0.3 is 0 Å². The molecule has 1 fully saturated rings. The second-order valence-corrected chi connectivity index (χ2v) is 7.38. The predicted molar refractivity (Wildman–Crippen MR) is 91.8 cm³/mol. The molecular weight excluding hydrogens is 326 g/mol. The molecule has 3 aromatic heterocycles. The highest BCUT2D eigenvalue weighted by Gasteiger charge is 2.30. The molecule has 0 unspecified atom stereocenters.